The van der Waals surface area contributed by atoms with Gasteiger partial charge in [0, 0.05) is 31.2 Å². The molecule has 0 N–H and O–H groups in total. The van der Waals surface area contributed by atoms with Gasteiger partial charge in [0.05, 0.1) is 21.7 Å². The number of sulfonamides is 1. The Labute approximate surface area is 227 Å². The maximum atomic E-state index is 13.7. The Kier molecular flexibility index (Phi) is 8.75. The third-order valence-electron chi connectivity index (χ3n) is 6.67. The van der Waals surface area contributed by atoms with Crippen LogP contribution in [0.25, 0.3) is 10.2 Å². The third kappa shape index (κ3) is 5.78. The molecule has 0 spiro atoms. The second kappa shape index (κ2) is 11.7. The highest BCUT2D eigenvalue weighted by molar-refractivity contribution is 7.89. The minimum atomic E-state index is -3.63. The highest BCUT2D eigenvalue weighted by Gasteiger charge is 2.32. The van der Waals surface area contributed by atoms with E-state index in [-0.39, 0.29) is 16.8 Å². The first-order chi connectivity index (χ1) is 17.7. The summed E-state index contributed by atoms with van der Waals surface area (Å²) in [6.07, 6.45) is 3.57. The number of amides is 1. The first-order valence-corrected chi connectivity index (χ1v) is 15.0. The molecule has 200 valence electrons. The Morgan fingerprint density at radius 1 is 1.16 bits per heavy atom. The lowest BCUT2D eigenvalue weighted by Gasteiger charge is -2.34. The molecule has 1 aliphatic rings. The Balaban J connectivity index is 1.66. The number of halogens is 1. The highest BCUT2D eigenvalue weighted by Crippen LogP contribution is 2.39. The molecular weight excluding hydrogens is 532 g/mol. The van der Waals surface area contributed by atoms with Crippen molar-refractivity contribution < 1.29 is 17.9 Å². The number of methoxy groups -OCH3 is 1. The number of piperidine rings is 1. The Hall–Kier alpha value is -2.24. The van der Waals surface area contributed by atoms with Crippen molar-refractivity contribution in [1.82, 2.24) is 14.2 Å². The van der Waals surface area contributed by atoms with Gasteiger partial charge in [0.15, 0.2) is 5.13 Å². The molecule has 0 saturated carbocycles. The molecule has 0 radical (unpaired) electrons. The number of hydrogen-bond acceptors (Lipinski definition) is 7. The van der Waals surface area contributed by atoms with Crippen LogP contribution in [-0.4, -0.2) is 75.4 Å². The van der Waals surface area contributed by atoms with E-state index in [9.17, 15) is 13.2 Å². The molecule has 0 bridgehead atoms. The number of nitrogens with zero attached hydrogens (tertiary/aromatic N) is 4. The van der Waals surface area contributed by atoms with Crippen molar-refractivity contribution in [3.63, 3.8) is 0 Å². The van der Waals surface area contributed by atoms with Gasteiger partial charge in [0.25, 0.3) is 5.91 Å². The van der Waals surface area contributed by atoms with Crippen molar-refractivity contribution in [2.75, 3.05) is 45.7 Å². The quantitative estimate of drug-likeness (QED) is 0.359. The summed E-state index contributed by atoms with van der Waals surface area (Å²) in [6, 6.07) is 9.77. The van der Waals surface area contributed by atoms with E-state index in [1.54, 1.807) is 40.6 Å². The van der Waals surface area contributed by atoms with Crippen LogP contribution in [0.15, 0.2) is 41.3 Å². The second-order valence-corrected chi connectivity index (χ2v) is 12.7. The number of aromatic nitrogens is 1. The van der Waals surface area contributed by atoms with Crippen molar-refractivity contribution in [3.05, 3.63) is 47.0 Å². The molecule has 8 nitrogen and oxygen atoms in total. The van der Waals surface area contributed by atoms with Crippen LogP contribution in [0.4, 0.5) is 5.13 Å². The van der Waals surface area contributed by atoms with Crippen molar-refractivity contribution in [2.45, 2.75) is 43.5 Å². The predicted molar refractivity (Wildman–Crippen MR) is 150 cm³/mol. The van der Waals surface area contributed by atoms with E-state index < -0.39 is 10.0 Å². The fourth-order valence-corrected chi connectivity index (χ4v) is 7.61. The number of ether oxygens (including phenoxy) is 1. The van der Waals surface area contributed by atoms with E-state index >= 15 is 0 Å². The predicted octanol–water partition coefficient (Wildman–Crippen LogP) is 5.12. The molecule has 1 saturated heterocycles. The summed E-state index contributed by atoms with van der Waals surface area (Å²) in [5.41, 5.74) is 0.992. The summed E-state index contributed by atoms with van der Waals surface area (Å²) >= 11 is 7.74. The molecule has 37 heavy (non-hydrogen) atoms. The van der Waals surface area contributed by atoms with Gasteiger partial charge >= 0.3 is 0 Å². The molecule has 1 atom stereocenters. The van der Waals surface area contributed by atoms with E-state index in [1.165, 1.54) is 23.5 Å². The molecule has 2 aromatic carbocycles. The summed E-state index contributed by atoms with van der Waals surface area (Å²) in [5, 5.41) is 1.04. The largest absolute Gasteiger partial charge is 0.494 e. The average Bonchev–Trinajstić information content (AvgIpc) is 3.35. The molecule has 1 fully saturated rings. The molecule has 1 aromatic heterocycles. The topological polar surface area (TPSA) is 83.1 Å². The molecule has 2 heterocycles. The van der Waals surface area contributed by atoms with E-state index in [2.05, 4.69) is 0 Å². The molecular formula is C26H33ClN4O4S2. The van der Waals surface area contributed by atoms with Gasteiger partial charge in [-0.15, -0.1) is 0 Å². The number of anilines is 1. The highest BCUT2D eigenvalue weighted by atomic mass is 35.5. The number of thiazole rings is 1. The molecule has 1 unspecified atom stereocenters. The summed E-state index contributed by atoms with van der Waals surface area (Å²) in [7, 11) is 1.81. The van der Waals surface area contributed by atoms with Crippen molar-refractivity contribution in [2.24, 2.45) is 0 Å². The van der Waals surface area contributed by atoms with E-state index in [1.807, 2.05) is 25.9 Å². The van der Waals surface area contributed by atoms with E-state index in [0.29, 0.717) is 46.6 Å². The monoisotopic (exact) mass is 564 g/mol. The number of hydrogen-bond donors (Lipinski definition) is 0. The van der Waals surface area contributed by atoms with Gasteiger partial charge in [-0.1, -0.05) is 36.3 Å². The fraction of sp³-hybridized carbons (Fsp3) is 0.462. The SMILES string of the molecule is CCC1CCCCN1S(=O)(=O)c1ccc(C(=O)N(CCN(C)C)c2nc3c(OC)ccc(Cl)c3s2)cc1. The zero-order valence-electron chi connectivity index (χ0n) is 21.6. The number of carbonyl (C=O) groups excluding carboxylic acids is 1. The number of rotatable bonds is 9. The Morgan fingerprint density at radius 3 is 2.54 bits per heavy atom. The number of carbonyl (C=O) groups is 1. The summed E-state index contributed by atoms with van der Waals surface area (Å²) < 4.78 is 34.5. The van der Waals surface area contributed by atoms with Crippen molar-refractivity contribution >= 4 is 54.2 Å². The maximum absolute atomic E-state index is 13.7. The summed E-state index contributed by atoms with van der Waals surface area (Å²) in [6.45, 7) is 3.57. The van der Waals surface area contributed by atoms with Crippen LogP contribution >= 0.6 is 22.9 Å². The van der Waals surface area contributed by atoms with E-state index in [0.717, 1.165) is 30.4 Å². The van der Waals surface area contributed by atoms with Crippen LogP contribution in [0.5, 0.6) is 5.75 Å². The normalized spacial score (nSPS) is 16.9. The number of likely N-dealkylation sites (N-methyl/N-ethyl adjacent to an activating group) is 1. The third-order valence-corrected chi connectivity index (χ3v) is 10.2. The Morgan fingerprint density at radius 2 is 1.89 bits per heavy atom. The zero-order valence-corrected chi connectivity index (χ0v) is 24.0. The van der Waals surface area contributed by atoms with Gasteiger partial charge < -0.3 is 9.64 Å². The van der Waals surface area contributed by atoms with Gasteiger partial charge in [-0.3, -0.25) is 9.69 Å². The van der Waals surface area contributed by atoms with Crippen LogP contribution in [-0.2, 0) is 10.0 Å². The number of benzene rings is 2. The van der Waals surface area contributed by atoms with Gasteiger partial charge in [0.2, 0.25) is 10.0 Å². The van der Waals surface area contributed by atoms with Gasteiger partial charge in [-0.05, 0) is 69.8 Å². The lowest BCUT2D eigenvalue weighted by atomic mass is 10.0. The summed E-state index contributed by atoms with van der Waals surface area (Å²) in [4.78, 5) is 22.2. The van der Waals surface area contributed by atoms with Crippen LogP contribution < -0.4 is 9.64 Å². The van der Waals surface area contributed by atoms with Crippen LogP contribution in [0.1, 0.15) is 43.0 Å². The standard InChI is InChI=1S/C26H33ClN4O4S2/c1-5-19-8-6-7-15-31(19)37(33,34)20-11-9-18(10-12-20)25(32)30(17-16-29(2)3)26-28-23-22(35-4)14-13-21(27)24(23)36-26/h9-14,19H,5-8,15-17H2,1-4H3. The van der Waals surface area contributed by atoms with Crippen molar-refractivity contribution in [1.29, 1.82) is 0 Å². The Bertz CT molecular complexity index is 1360. The van der Waals surface area contributed by atoms with Gasteiger partial charge in [0.1, 0.15) is 11.3 Å². The minimum Gasteiger partial charge on any atom is -0.494 e. The lowest BCUT2D eigenvalue weighted by Crippen LogP contribution is -2.43. The summed E-state index contributed by atoms with van der Waals surface area (Å²) in [5.74, 6) is 0.323. The van der Waals surface area contributed by atoms with E-state index in [4.69, 9.17) is 21.3 Å². The second-order valence-electron chi connectivity index (χ2n) is 9.38. The average molecular weight is 565 g/mol. The van der Waals surface area contributed by atoms with Crippen LogP contribution in [0.2, 0.25) is 5.02 Å². The molecule has 0 aliphatic carbocycles. The molecule has 4 rings (SSSR count). The minimum absolute atomic E-state index is 0.0180. The lowest BCUT2D eigenvalue weighted by molar-refractivity contribution is 0.0985. The number of fused-ring (bicyclic) bond motifs is 1. The van der Waals surface area contributed by atoms with Crippen molar-refractivity contribution in [3.8, 4) is 5.75 Å². The van der Waals surface area contributed by atoms with Crippen LogP contribution in [0, 0.1) is 0 Å². The van der Waals surface area contributed by atoms with Crippen LogP contribution in [0.3, 0.4) is 0 Å². The van der Waals surface area contributed by atoms with Gasteiger partial charge in [-0.25, -0.2) is 13.4 Å². The fourth-order valence-electron chi connectivity index (χ4n) is 4.56. The zero-order chi connectivity index (χ0) is 26.7. The molecule has 3 aromatic rings. The maximum Gasteiger partial charge on any atom is 0.260 e. The molecule has 1 amide bonds. The molecule has 11 heteroatoms. The first-order valence-electron chi connectivity index (χ1n) is 12.4. The van der Waals surface area contributed by atoms with Gasteiger partial charge in [-0.2, -0.15) is 4.31 Å². The first kappa shape index (κ1) is 27.8. The smallest absolute Gasteiger partial charge is 0.260 e. The molecule has 1 aliphatic heterocycles.